The summed E-state index contributed by atoms with van der Waals surface area (Å²) in [6.07, 6.45) is 1.35. The highest BCUT2D eigenvalue weighted by atomic mass is 79.9. The van der Waals surface area contributed by atoms with Gasteiger partial charge in [-0.3, -0.25) is 9.59 Å². The van der Waals surface area contributed by atoms with E-state index >= 15 is 0 Å². The molecule has 0 bridgehead atoms. The average Bonchev–Trinajstić information content (AvgIpc) is 2.57. The highest BCUT2D eigenvalue weighted by Crippen LogP contribution is 2.33. The van der Waals surface area contributed by atoms with E-state index in [0.717, 1.165) is 0 Å². The maximum absolute atomic E-state index is 12.2. The number of nitrogens with one attached hydrogen (secondary N) is 1. The minimum absolute atomic E-state index is 0.183. The second-order valence-corrected chi connectivity index (χ2v) is 5.95. The van der Waals surface area contributed by atoms with Crippen molar-refractivity contribution in [3.63, 3.8) is 0 Å². The Morgan fingerprint density at radius 3 is 2.79 bits per heavy atom. The number of ether oxygens (including phenoxy) is 2. The summed E-state index contributed by atoms with van der Waals surface area (Å²) in [6, 6.07) is 6.38. The maximum Gasteiger partial charge on any atom is 0.265 e. The van der Waals surface area contributed by atoms with Crippen LogP contribution in [0.3, 0.4) is 0 Å². The quantitative estimate of drug-likeness (QED) is 0.577. The van der Waals surface area contributed by atoms with Crippen LogP contribution in [0.5, 0.6) is 11.5 Å². The summed E-state index contributed by atoms with van der Waals surface area (Å²) in [7, 11) is 1.47. The second kappa shape index (κ2) is 8.12. The van der Waals surface area contributed by atoms with Crippen molar-refractivity contribution in [2.24, 2.45) is 0 Å². The van der Waals surface area contributed by atoms with Crippen LogP contribution in [0.4, 0.5) is 5.69 Å². The molecule has 0 saturated carbocycles. The lowest BCUT2D eigenvalue weighted by atomic mass is 10.2. The van der Waals surface area contributed by atoms with E-state index in [1.165, 1.54) is 19.4 Å². The fourth-order valence-corrected chi connectivity index (χ4v) is 2.43. The molecular formula is C16H14BrClN2O4. The van der Waals surface area contributed by atoms with E-state index in [-0.39, 0.29) is 10.9 Å². The fourth-order valence-electron chi connectivity index (χ4n) is 1.85. The van der Waals surface area contributed by atoms with E-state index in [0.29, 0.717) is 27.8 Å². The van der Waals surface area contributed by atoms with Crippen LogP contribution in [0, 0.1) is 0 Å². The van der Waals surface area contributed by atoms with E-state index in [4.69, 9.17) is 21.1 Å². The number of aldehydes is 1. The molecule has 126 valence electrons. The van der Waals surface area contributed by atoms with E-state index < -0.39 is 12.0 Å². The van der Waals surface area contributed by atoms with Gasteiger partial charge in [-0.2, -0.15) is 0 Å². The zero-order chi connectivity index (χ0) is 17.7. The third-order valence-electron chi connectivity index (χ3n) is 3.10. The number of anilines is 1. The molecule has 0 radical (unpaired) electrons. The molecule has 1 heterocycles. The summed E-state index contributed by atoms with van der Waals surface area (Å²) < 4.78 is 11.4. The van der Waals surface area contributed by atoms with E-state index in [1.54, 1.807) is 25.1 Å². The SMILES string of the molecule is COc1cc(Br)c(C=O)cc1O[C@H](C)C(=O)Nc1cccnc1Cl. The molecule has 1 aromatic carbocycles. The molecule has 1 amide bonds. The molecule has 24 heavy (non-hydrogen) atoms. The summed E-state index contributed by atoms with van der Waals surface area (Å²) in [4.78, 5) is 27.2. The number of amides is 1. The van der Waals surface area contributed by atoms with Crippen molar-refractivity contribution in [3.05, 3.63) is 45.7 Å². The molecule has 1 atom stereocenters. The number of benzene rings is 1. The van der Waals surface area contributed by atoms with Gasteiger partial charge < -0.3 is 14.8 Å². The van der Waals surface area contributed by atoms with Gasteiger partial charge in [0.2, 0.25) is 0 Å². The van der Waals surface area contributed by atoms with Crippen molar-refractivity contribution in [1.82, 2.24) is 4.98 Å². The molecule has 6 nitrogen and oxygen atoms in total. The normalized spacial score (nSPS) is 11.5. The van der Waals surface area contributed by atoms with E-state index in [1.807, 2.05) is 0 Å². The molecule has 0 aliphatic heterocycles. The van der Waals surface area contributed by atoms with Gasteiger partial charge in [-0.05, 0) is 47.1 Å². The third kappa shape index (κ3) is 4.24. The van der Waals surface area contributed by atoms with Gasteiger partial charge in [-0.1, -0.05) is 11.6 Å². The first-order chi connectivity index (χ1) is 11.5. The predicted octanol–water partition coefficient (Wildman–Crippen LogP) is 3.72. The molecule has 0 unspecified atom stereocenters. The summed E-state index contributed by atoms with van der Waals surface area (Å²) >= 11 is 9.17. The molecule has 8 heteroatoms. The molecule has 1 aromatic heterocycles. The molecule has 2 rings (SSSR count). The Bertz CT molecular complexity index is 770. The largest absolute Gasteiger partial charge is 0.493 e. The van der Waals surface area contributed by atoms with Crippen LogP contribution in [0.1, 0.15) is 17.3 Å². The number of methoxy groups -OCH3 is 1. The Morgan fingerprint density at radius 1 is 1.42 bits per heavy atom. The van der Waals surface area contributed by atoms with Gasteiger partial charge in [0.25, 0.3) is 5.91 Å². The first kappa shape index (κ1) is 18.2. The fraction of sp³-hybridized carbons (Fsp3) is 0.188. The zero-order valence-corrected chi connectivity index (χ0v) is 15.2. The van der Waals surface area contributed by atoms with Crippen LogP contribution in [0.2, 0.25) is 5.15 Å². The summed E-state index contributed by atoms with van der Waals surface area (Å²) in [6.45, 7) is 1.57. The smallest absolute Gasteiger partial charge is 0.265 e. The number of carbonyl (C=O) groups excluding carboxylic acids is 2. The number of aromatic nitrogens is 1. The Labute approximate surface area is 152 Å². The molecule has 0 fully saturated rings. The lowest BCUT2D eigenvalue weighted by Gasteiger charge is -2.17. The van der Waals surface area contributed by atoms with Crippen LogP contribution >= 0.6 is 27.5 Å². The molecule has 0 spiro atoms. The van der Waals surface area contributed by atoms with E-state index in [9.17, 15) is 9.59 Å². The van der Waals surface area contributed by atoms with Gasteiger partial charge in [0, 0.05) is 16.2 Å². The van der Waals surface area contributed by atoms with Crippen molar-refractivity contribution in [3.8, 4) is 11.5 Å². The predicted molar refractivity (Wildman–Crippen MR) is 94.0 cm³/mol. The number of hydrogen-bond acceptors (Lipinski definition) is 5. The van der Waals surface area contributed by atoms with Gasteiger partial charge in [-0.25, -0.2) is 4.98 Å². The molecule has 2 aromatic rings. The Kier molecular flexibility index (Phi) is 6.16. The van der Waals surface area contributed by atoms with Crippen molar-refractivity contribution in [2.75, 3.05) is 12.4 Å². The maximum atomic E-state index is 12.2. The zero-order valence-electron chi connectivity index (χ0n) is 12.9. The molecule has 0 aliphatic rings. The monoisotopic (exact) mass is 412 g/mol. The van der Waals surface area contributed by atoms with E-state index in [2.05, 4.69) is 26.2 Å². The summed E-state index contributed by atoms with van der Waals surface area (Å²) in [5.41, 5.74) is 0.768. The second-order valence-electron chi connectivity index (χ2n) is 4.73. The third-order valence-corrected chi connectivity index (χ3v) is 4.09. The van der Waals surface area contributed by atoms with Crippen LogP contribution in [-0.4, -0.2) is 30.4 Å². The van der Waals surface area contributed by atoms with Crippen molar-refractivity contribution in [1.29, 1.82) is 0 Å². The lowest BCUT2D eigenvalue weighted by molar-refractivity contribution is -0.122. The van der Waals surface area contributed by atoms with Crippen LogP contribution in [-0.2, 0) is 4.79 Å². The summed E-state index contributed by atoms with van der Waals surface area (Å²) in [5, 5.41) is 2.81. The lowest BCUT2D eigenvalue weighted by Crippen LogP contribution is -2.30. The highest BCUT2D eigenvalue weighted by Gasteiger charge is 2.19. The van der Waals surface area contributed by atoms with Gasteiger partial charge in [0.05, 0.1) is 12.8 Å². The molecule has 0 saturated heterocycles. The van der Waals surface area contributed by atoms with Crippen LogP contribution in [0.15, 0.2) is 34.9 Å². The first-order valence-corrected chi connectivity index (χ1v) is 8.04. The highest BCUT2D eigenvalue weighted by molar-refractivity contribution is 9.10. The minimum Gasteiger partial charge on any atom is -0.493 e. The number of hydrogen-bond donors (Lipinski definition) is 1. The number of pyridine rings is 1. The summed E-state index contributed by atoms with van der Waals surface area (Å²) in [5.74, 6) is 0.261. The van der Waals surface area contributed by atoms with Crippen molar-refractivity contribution in [2.45, 2.75) is 13.0 Å². The van der Waals surface area contributed by atoms with Gasteiger partial charge in [0.1, 0.15) is 0 Å². The first-order valence-electron chi connectivity index (χ1n) is 6.87. The Hall–Kier alpha value is -2.12. The van der Waals surface area contributed by atoms with Gasteiger partial charge in [-0.15, -0.1) is 0 Å². The van der Waals surface area contributed by atoms with Crippen molar-refractivity contribution >= 4 is 45.4 Å². The van der Waals surface area contributed by atoms with Crippen LogP contribution < -0.4 is 14.8 Å². The molecular weight excluding hydrogens is 400 g/mol. The molecule has 1 N–H and O–H groups in total. The van der Waals surface area contributed by atoms with Crippen LogP contribution in [0.25, 0.3) is 0 Å². The standard InChI is InChI=1S/C16H14BrClN2O4/c1-9(16(22)20-12-4-3-5-19-15(12)18)24-14-6-10(8-21)11(17)7-13(14)23-2/h3-9H,1-2H3,(H,20,22)/t9-/m1/s1. The van der Waals surface area contributed by atoms with Crippen molar-refractivity contribution < 1.29 is 19.1 Å². The number of halogens is 2. The number of nitrogens with zero attached hydrogens (tertiary/aromatic N) is 1. The number of carbonyl (C=O) groups is 2. The molecule has 0 aliphatic carbocycles. The average molecular weight is 414 g/mol. The Balaban J connectivity index is 2.17. The Morgan fingerprint density at radius 2 is 2.17 bits per heavy atom. The minimum atomic E-state index is -0.851. The number of rotatable bonds is 6. The van der Waals surface area contributed by atoms with Gasteiger partial charge in [0.15, 0.2) is 29.0 Å². The topological polar surface area (TPSA) is 77.5 Å². The van der Waals surface area contributed by atoms with Gasteiger partial charge >= 0.3 is 0 Å².